The van der Waals surface area contributed by atoms with Gasteiger partial charge in [0.15, 0.2) is 0 Å². The van der Waals surface area contributed by atoms with Gasteiger partial charge in [-0.1, -0.05) is 42.5 Å². The van der Waals surface area contributed by atoms with E-state index in [0.29, 0.717) is 18.8 Å². The summed E-state index contributed by atoms with van der Waals surface area (Å²) in [7, 11) is 4.00. The minimum Gasteiger partial charge on any atom is -0.378 e. The number of amides is 1. The minimum absolute atomic E-state index is 0.000503. The quantitative estimate of drug-likeness (QED) is 0.463. The first-order chi connectivity index (χ1) is 16.0. The van der Waals surface area contributed by atoms with Gasteiger partial charge in [-0.15, -0.1) is 0 Å². The van der Waals surface area contributed by atoms with Gasteiger partial charge >= 0.3 is 0 Å². The Kier molecular flexibility index (Phi) is 6.74. The Morgan fingerprint density at radius 3 is 2.30 bits per heavy atom. The van der Waals surface area contributed by atoms with Crippen molar-refractivity contribution >= 4 is 11.6 Å². The molecule has 0 unspecified atom stereocenters. The van der Waals surface area contributed by atoms with Gasteiger partial charge in [0, 0.05) is 49.8 Å². The molecule has 0 radical (unpaired) electrons. The number of pyridine rings is 1. The SMILES string of the molecule is Cc1ncc(-c2ccccn2)c(-c2ccc(CNC(=O)Cc3ccc(N(C)C)cc3)cc2)n1. The fraction of sp³-hybridized carbons (Fsp3) is 0.185. The summed E-state index contributed by atoms with van der Waals surface area (Å²) < 4.78 is 0. The molecule has 2 heterocycles. The maximum atomic E-state index is 12.4. The second kappa shape index (κ2) is 10.0. The van der Waals surface area contributed by atoms with E-state index < -0.39 is 0 Å². The van der Waals surface area contributed by atoms with Gasteiger partial charge in [-0.05, 0) is 42.3 Å². The standard InChI is InChI=1S/C27H27N5O/c1-19-29-18-24(25-6-4-5-15-28-25)27(31-19)22-11-7-21(8-12-22)17-30-26(33)16-20-9-13-23(14-10-20)32(2)3/h4-15,18H,16-17H2,1-3H3,(H,30,33). The number of nitrogens with zero attached hydrogens (tertiary/aromatic N) is 4. The van der Waals surface area contributed by atoms with Gasteiger partial charge in [0.2, 0.25) is 5.91 Å². The first-order valence-electron chi connectivity index (χ1n) is 10.9. The molecule has 0 aliphatic rings. The van der Waals surface area contributed by atoms with Crippen LogP contribution in [0.3, 0.4) is 0 Å². The van der Waals surface area contributed by atoms with Crippen LogP contribution in [0.15, 0.2) is 79.1 Å². The molecule has 2 aromatic heterocycles. The molecule has 4 aromatic rings. The molecule has 6 heteroatoms. The molecule has 0 bridgehead atoms. The van der Waals surface area contributed by atoms with E-state index in [1.165, 1.54) is 0 Å². The van der Waals surface area contributed by atoms with E-state index in [1.807, 2.05) is 98.8 Å². The van der Waals surface area contributed by atoms with Crippen LogP contribution in [0.25, 0.3) is 22.5 Å². The topological polar surface area (TPSA) is 71.0 Å². The van der Waals surface area contributed by atoms with Crippen molar-refractivity contribution < 1.29 is 4.79 Å². The molecule has 0 atom stereocenters. The molecular weight excluding hydrogens is 410 g/mol. The summed E-state index contributed by atoms with van der Waals surface area (Å²) in [5.41, 5.74) is 6.69. The van der Waals surface area contributed by atoms with Crippen molar-refractivity contribution in [1.29, 1.82) is 0 Å². The zero-order valence-corrected chi connectivity index (χ0v) is 19.1. The van der Waals surface area contributed by atoms with Crippen molar-refractivity contribution in [2.45, 2.75) is 19.9 Å². The van der Waals surface area contributed by atoms with Crippen molar-refractivity contribution in [3.63, 3.8) is 0 Å². The molecule has 0 aliphatic carbocycles. The van der Waals surface area contributed by atoms with Crippen LogP contribution in [0.5, 0.6) is 0 Å². The molecule has 6 nitrogen and oxygen atoms in total. The molecule has 166 valence electrons. The summed E-state index contributed by atoms with van der Waals surface area (Å²) in [5, 5.41) is 3.01. The first kappa shape index (κ1) is 22.1. The number of aryl methyl sites for hydroxylation is 1. The third-order valence-electron chi connectivity index (χ3n) is 5.38. The summed E-state index contributed by atoms with van der Waals surface area (Å²) in [4.78, 5) is 27.9. The van der Waals surface area contributed by atoms with E-state index in [9.17, 15) is 4.79 Å². The summed E-state index contributed by atoms with van der Waals surface area (Å²) in [6.07, 6.45) is 3.94. The number of carbonyl (C=O) groups excluding carboxylic acids is 1. The van der Waals surface area contributed by atoms with Crippen LogP contribution in [0.2, 0.25) is 0 Å². The zero-order chi connectivity index (χ0) is 23.2. The number of carbonyl (C=O) groups is 1. The zero-order valence-electron chi connectivity index (χ0n) is 19.1. The fourth-order valence-electron chi connectivity index (χ4n) is 3.54. The lowest BCUT2D eigenvalue weighted by molar-refractivity contribution is -0.120. The largest absolute Gasteiger partial charge is 0.378 e. The Morgan fingerprint density at radius 1 is 0.909 bits per heavy atom. The lowest BCUT2D eigenvalue weighted by Crippen LogP contribution is -2.24. The van der Waals surface area contributed by atoms with E-state index in [1.54, 1.807) is 6.20 Å². The number of aromatic nitrogens is 3. The van der Waals surface area contributed by atoms with E-state index >= 15 is 0 Å². The molecule has 2 aromatic carbocycles. The van der Waals surface area contributed by atoms with Gasteiger partial charge in [-0.2, -0.15) is 0 Å². The highest BCUT2D eigenvalue weighted by atomic mass is 16.1. The molecule has 1 N–H and O–H groups in total. The van der Waals surface area contributed by atoms with Crippen LogP contribution in [0.1, 0.15) is 17.0 Å². The Hall–Kier alpha value is -4.06. The lowest BCUT2D eigenvalue weighted by atomic mass is 10.0. The van der Waals surface area contributed by atoms with E-state index in [2.05, 4.69) is 20.3 Å². The second-order valence-electron chi connectivity index (χ2n) is 8.11. The number of benzene rings is 2. The Labute approximate surface area is 194 Å². The van der Waals surface area contributed by atoms with Gasteiger partial charge in [0.1, 0.15) is 5.82 Å². The molecular formula is C27H27N5O. The van der Waals surface area contributed by atoms with Crippen molar-refractivity contribution in [1.82, 2.24) is 20.3 Å². The Bertz CT molecular complexity index is 1220. The Morgan fingerprint density at radius 2 is 1.64 bits per heavy atom. The van der Waals surface area contributed by atoms with Crippen molar-refractivity contribution in [2.24, 2.45) is 0 Å². The average molecular weight is 438 g/mol. The van der Waals surface area contributed by atoms with E-state index in [0.717, 1.165) is 39.3 Å². The first-order valence-corrected chi connectivity index (χ1v) is 10.9. The fourth-order valence-corrected chi connectivity index (χ4v) is 3.54. The summed E-state index contributed by atoms with van der Waals surface area (Å²) in [5.74, 6) is 0.708. The molecule has 0 fully saturated rings. The minimum atomic E-state index is 0.000503. The van der Waals surface area contributed by atoms with Crippen molar-refractivity contribution in [3.8, 4) is 22.5 Å². The van der Waals surface area contributed by atoms with E-state index in [-0.39, 0.29) is 5.91 Å². The van der Waals surface area contributed by atoms with Crippen LogP contribution in [-0.4, -0.2) is 35.0 Å². The number of nitrogens with one attached hydrogen (secondary N) is 1. The van der Waals surface area contributed by atoms with Gasteiger partial charge in [-0.3, -0.25) is 9.78 Å². The van der Waals surface area contributed by atoms with Crippen LogP contribution >= 0.6 is 0 Å². The molecule has 0 spiro atoms. The predicted octanol–water partition coefficient (Wildman–Crippen LogP) is 4.44. The average Bonchev–Trinajstić information content (AvgIpc) is 2.84. The number of hydrogen-bond acceptors (Lipinski definition) is 5. The number of hydrogen-bond donors (Lipinski definition) is 1. The van der Waals surface area contributed by atoms with Gasteiger partial charge in [-0.25, -0.2) is 9.97 Å². The Balaban J connectivity index is 1.42. The molecule has 0 aliphatic heterocycles. The van der Waals surface area contributed by atoms with E-state index in [4.69, 9.17) is 0 Å². The highest BCUT2D eigenvalue weighted by molar-refractivity contribution is 5.79. The summed E-state index contributed by atoms with van der Waals surface area (Å²) in [6, 6.07) is 21.9. The smallest absolute Gasteiger partial charge is 0.224 e. The highest BCUT2D eigenvalue weighted by Gasteiger charge is 2.12. The molecule has 4 rings (SSSR count). The third-order valence-corrected chi connectivity index (χ3v) is 5.38. The molecule has 0 saturated carbocycles. The van der Waals surface area contributed by atoms with Crippen molar-refractivity contribution in [2.75, 3.05) is 19.0 Å². The maximum absolute atomic E-state index is 12.4. The van der Waals surface area contributed by atoms with Crippen LogP contribution in [-0.2, 0) is 17.8 Å². The van der Waals surface area contributed by atoms with Gasteiger partial charge in [0.05, 0.1) is 17.8 Å². The lowest BCUT2D eigenvalue weighted by Gasteiger charge is -2.13. The number of anilines is 1. The number of rotatable bonds is 7. The van der Waals surface area contributed by atoms with Crippen LogP contribution in [0.4, 0.5) is 5.69 Å². The van der Waals surface area contributed by atoms with Gasteiger partial charge < -0.3 is 10.2 Å². The van der Waals surface area contributed by atoms with Crippen molar-refractivity contribution in [3.05, 3.63) is 96.1 Å². The highest BCUT2D eigenvalue weighted by Crippen LogP contribution is 2.28. The molecule has 0 saturated heterocycles. The summed E-state index contributed by atoms with van der Waals surface area (Å²) in [6.45, 7) is 2.36. The predicted molar refractivity (Wildman–Crippen MR) is 132 cm³/mol. The van der Waals surface area contributed by atoms with Crippen LogP contribution < -0.4 is 10.2 Å². The summed E-state index contributed by atoms with van der Waals surface area (Å²) >= 11 is 0. The molecule has 33 heavy (non-hydrogen) atoms. The monoisotopic (exact) mass is 437 g/mol. The van der Waals surface area contributed by atoms with Crippen LogP contribution in [0, 0.1) is 6.92 Å². The third kappa shape index (κ3) is 5.60. The maximum Gasteiger partial charge on any atom is 0.224 e. The molecule has 1 amide bonds. The normalized spacial score (nSPS) is 10.6. The van der Waals surface area contributed by atoms with Gasteiger partial charge in [0.25, 0.3) is 0 Å². The second-order valence-corrected chi connectivity index (χ2v) is 8.11.